The van der Waals surface area contributed by atoms with Crippen molar-refractivity contribution in [2.24, 2.45) is 0 Å². The van der Waals surface area contributed by atoms with E-state index in [-0.39, 0.29) is 18.5 Å². The number of aliphatic hydroxyl groups excluding tert-OH is 1. The lowest BCUT2D eigenvalue weighted by Crippen LogP contribution is -2.43. The van der Waals surface area contributed by atoms with E-state index in [0.717, 1.165) is 16.5 Å². The predicted molar refractivity (Wildman–Crippen MR) is 131 cm³/mol. The minimum absolute atomic E-state index is 0.0758. The quantitative estimate of drug-likeness (QED) is 0.465. The number of anilines is 2. The van der Waals surface area contributed by atoms with Crippen molar-refractivity contribution in [3.05, 3.63) is 48.7 Å². The number of carbonyl (C=O) groups is 2. The SMILES string of the molecule is CC(=O)N(CCCCO)c1cc2nc(NC(=O)NC(C)(C)C)c(-c3ccccc3)cc2cn1. The van der Waals surface area contributed by atoms with Crippen LogP contribution in [0.3, 0.4) is 0 Å². The number of pyridine rings is 2. The van der Waals surface area contributed by atoms with Gasteiger partial charge in [-0.05, 0) is 45.2 Å². The van der Waals surface area contributed by atoms with E-state index in [4.69, 9.17) is 10.1 Å². The predicted octanol–water partition coefficient (Wildman–Crippen LogP) is 4.34. The summed E-state index contributed by atoms with van der Waals surface area (Å²) in [5.74, 6) is 0.767. The topological polar surface area (TPSA) is 107 Å². The van der Waals surface area contributed by atoms with Crippen LogP contribution in [-0.2, 0) is 4.79 Å². The highest BCUT2D eigenvalue weighted by Crippen LogP contribution is 2.31. The Kier molecular flexibility index (Phi) is 7.60. The maximum absolute atomic E-state index is 12.6. The molecule has 0 spiro atoms. The molecule has 8 nitrogen and oxygen atoms in total. The number of benzene rings is 1. The zero-order valence-electron chi connectivity index (χ0n) is 19.6. The molecule has 8 heteroatoms. The normalized spacial score (nSPS) is 11.3. The van der Waals surface area contributed by atoms with Gasteiger partial charge >= 0.3 is 6.03 Å². The minimum Gasteiger partial charge on any atom is -0.396 e. The first-order valence-corrected chi connectivity index (χ1v) is 11.0. The molecule has 3 N–H and O–H groups in total. The van der Waals surface area contributed by atoms with Crippen molar-refractivity contribution in [3.63, 3.8) is 0 Å². The van der Waals surface area contributed by atoms with Crippen LogP contribution in [0.25, 0.3) is 22.0 Å². The summed E-state index contributed by atoms with van der Waals surface area (Å²) in [7, 11) is 0. The van der Waals surface area contributed by atoms with Gasteiger partial charge in [-0.1, -0.05) is 30.3 Å². The number of rotatable bonds is 7. The summed E-state index contributed by atoms with van der Waals surface area (Å²) in [5, 5.41) is 15.6. The van der Waals surface area contributed by atoms with E-state index in [1.807, 2.05) is 57.2 Å². The summed E-state index contributed by atoms with van der Waals surface area (Å²) < 4.78 is 0. The summed E-state index contributed by atoms with van der Waals surface area (Å²) in [6, 6.07) is 13.0. The van der Waals surface area contributed by atoms with E-state index in [9.17, 15) is 9.59 Å². The Balaban J connectivity index is 2.04. The zero-order chi connectivity index (χ0) is 24.0. The third-order valence-corrected chi connectivity index (χ3v) is 4.94. The molecule has 3 amide bonds. The van der Waals surface area contributed by atoms with Crippen LogP contribution >= 0.6 is 0 Å². The molecular weight excluding hydrogens is 418 g/mol. The van der Waals surface area contributed by atoms with Gasteiger partial charge in [0, 0.05) is 48.8 Å². The van der Waals surface area contributed by atoms with Crippen LogP contribution < -0.4 is 15.5 Å². The molecule has 0 aliphatic heterocycles. The lowest BCUT2D eigenvalue weighted by Gasteiger charge is -2.22. The van der Waals surface area contributed by atoms with Crippen molar-refractivity contribution in [2.45, 2.75) is 46.1 Å². The Bertz CT molecular complexity index is 1130. The summed E-state index contributed by atoms with van der Waals surface area (Å²) in [4.78, 5) is 35.6. The van der Waals surface area contributed by atoms with Crippen molar-refractivity contribution in [3.8, 4) is 11.1 Å². The molecule has 0 atom stereocenters. The average Bonchev–Trinajstić information content (AvgIpc) is 2.75. The number of hydrogen-bond acceptors (Lipinski definition) is 5. The highest BCUT2D eigenvalue weighted by Gasteiger charge is 2.18. The number of fused-ring (bicyclic) bond motifs is 1. The second-order valence-electron chi connectivity index (χ2n) is 8.92. The number of aliphatic hydroxyl groups is 1. The number of aromatic nitrogens is 2. The number of unbranched alkanes of at least 4 members (excludes halogenated alkanes) is 1. The van der Waals surface area contributed by atoms with E-state index in [1.165, 1.54) is 6.92 Å². The van der Waals surface area contributed by atoms with Crippen LogP contribution in [0.2, 0.25) is 0 Å². The fourth-order valence-corrected chi connectivity index (χ4v) is 3.43. The van der Waals surface area contributed by atoms with Crippen molar-refractivity contribution in [1.29, 1.82) is 0 Å². The van der Waals surface area contributed by atoms with E-state index in [1.54, 1.807) is 17.2 Å². The second-order valence-corrected chi connectivity index (χ2v) is 8.92. The van der Waals surface area contributed by atoms with Crippen LogP contribution in [-0.4, -0.2) is 45.7 Å². The number of carbonyl (C=O) groups excluding carboxylic acids is 2. The maximum atomic E-state index is 12.6. The first-order valence-electron chi connectivity index (χ1n) is 11.0. The van der Waals surface area contributed by atoms with Gasteiger partial charge in [0.1, 0.15) is 11.6 Å². The summed E-state index contributed by atoms with van der Waals surface area (Å²) in [6.07, 6.45) is 2.95. The number of amides is 3. The Morgan fingerprint density at radius 1 is 1.09 bits per heavy atom. The molecule has 0 aliphatic carbocycles. The third kappa shape index (κ3) is 6.49. The van der Waals surface area contributed by atoms with Crippen LogP contribution in [0, 0.1) is 0 Å². The molecule has 0 saturated heterocycles. The van der Waals surface area contributed by atoms with E-state index in [0.29, 0.717) is 36.5 Å². The largest absolute Gasteiger partial charge is 0.396 e. The van der Waals surface area contributed by atoms with Gasteiger partial charge in [0.05, 0.1) is 5.52 Å². The molecular formula is C25H31N5O3. The molecule has 1 aromatic carbocycles. The molecule has 0 saturated carbocycles. The summed E-state index contributed by atoms with van der Waals surface area (Å²) >= 11 is 0. The van der Waals surface area contributed by atoms with Gasteiger partial charge in [-0.25, -0.2) is 14.8 Å². The average molecular weight is 450 g/mol. The molecule has 3 aromatic rings. The molecule has 0 fully saturated rings. The van der Waals surface area contributed by atoms with Gasteiger partial charge in [-0.3, -0.25) is 15.0 Å². The van der Waals surface area contributed by atoms with Gasteiger partial charge < -0.3 is 10.4 Å². The first kappa shape index (κ1) is 24.1. The molecule has 2 aromatic heterocycles. The van der Waals surface area contributed by atoms with Crippen molar-refractivity contribution >= 4 is 34.5 Å². The van der Waals surface area contributed by atoms with Gasteiger partial charge in [0.25, 0.3) is 0 Å². The lowest BCUT2D eigenvalue weighted by atomic mass is 10.0. The number of nitrogens with one attached hydrogen (secondary N) is 2. The van der Waals surface area contributed by atoms with Crippen LogP contribution in [0.1, 0.15) is 40.5 Å². The van der Waals surface area contributed by atoms with E-state index >= 15 is 0 Å². The van der Waals surface area contributed by atoms with Gasteiger partial charge in [0.2, 0.25) is 5.91 Å². The van der Waals surface area contributed by atoms with Gasteiger partial charge in [-0.15, -0.1) is 0 Å². The minimum atomic E-state index is -0.401. The Hall–Kier alpha value is -3.52. The fourth-order valence-electron chi connectivity index (χ4n) is 3.43. The number of urea groups is 1. The first-order chi connectivity index (χ1) is 15.7. The molecule has 0 aliphatic rings. The number of nitrogens with zero attached hydrogens (tertiary/aromatic N) is 3. The molecule has 0 unspecified atom stereocenters. The van der Waals surface area contributed by atoms with Crippen molar-refractivity contribution < 1.29 is 14.7 Å². The summed E-state index contributed by atoms with van der Waals surface area (Å²) in [6.45, 7) is 7.74. The van der Waals surface area contributed by atoms with E-state index < -0.39 is 5.54 Å². The number of hydrogen-bond donors (Lipinski definition) is 3. The van der Waals surface area contributed by atoms with Gasteiger partial charge in [-0.2, -0.15) is 0 Å². The lowest BCUT2D eigenvalue weighted by molar-refractivity contribution is -0.116. The smallest absolute Gasteiger partial charge is 0.320 e. The van der Waals surface area contributed by atoms with Crippen molar-refractivity contribution in [2.75, 3.05) is 23.4 Å². The fraction of sp³-hybridized carbons (Fsp3) is 0.360. The van der Waals surface area contributed by atoms with E-state index in [2.05, 4.69) is 15.6 Å². The molecule has 3 rings (SSSR count). The summed E-state index contributed by atoms with van der Waals surface area (Å²) in [5.41, 5.74) is 1.89. The monoisotopic (exact) mass is 449 g/mol. The Morgan fingerprint density at radius 3 is 2.45 bits per heavy atom. The van der Waals surface area contributed by atoms with Crippen LogP contribution in [0.5, 0.6) is 0 Å². The van der Waals surface area contributed by atoms with Crippen LogP contribution in [0.15, 0.2) is 48.7 Å². The molecule has 2 heterocycles. The Morgan fingerprint density at radius 2 is 1.82 bits per heavy atom. The third-order valence-electron chi connectivity index (χ3n) is 4.94. The standard InChI is InChI=1S/C25H31N5O3/c1-17(32)30(12-8-9-13-31)22-15-21-19(16-26-22)14-20(18-10-6-5-7-11-18)23(27-21)28-24(33)29-25(2,3)4/h5-7,10-11,14-16,31H,8-9,12-13H2,1-4H3,(H2,27,28,29,33). The second kappa shape index (κ2) is 10.4. The molecule has 0 bridgehead atoms. The Labute approximate surface area is 194 Å². The highest BCUT2D eigenvalue weighted by atomic mass is 16.3. The molecule has 174 valence electrons. The van der Waals surface area contributed by atoms with Crippen molar-refractivity contribution in [1.82, 2.24) is 15.3 Å². The molecule has 33 heavy (non-hydrogen) atoms. The van der Waals surface area contributed by atoms with Crippen LogP contribution in [0.4, 0.5) is 16.4 Å². The maximum Gasteiger partial charge on any atom is 0.320 e. The van der Waals surface area contributed by atoms with Gasteiger partial charge in [0.15, 0.2) is 0 Å². The highest BCUT2D eigenvalue weighted by molar-refractivity contribution is 5.98. The zero-order valence-corrected chi connectivity index (χ0v) is 19.6. The molecule has 0 radical (unpaired) electrons.